The summed E-state index contributed by atoms with van der Waals surface area (Å²) < 4.78 is 1.64. The van der Waals surface area contributed by atoms with E-state index in [0.29, 0.717) is 21.5 Å². The van der Waals surface area contributed by atoms with E-state index >= 15 is 0 Å². The summed E-state index contributed by atoms with van der Waals surface area (Å²) in [6.45, 7) is 1.81. The lowest BCUT2D eigenvalue weighted by molar-refractivity contribution is -0.384. The first kappa shape index (κ1) is 16.8. The Morgan fingerprint density at radius 2 is 2.00 bits per heavy atom. The number of nitrogens with one attached hydrogen (secondary N) is 1. The summed E-state index contributed by atoms with van der Waals surface area (Å²) in [4.78, 5) is 23.6. The van der Waals surface area contributed by atoms with Crippen molar-refractivity contribution in [1.29, 1.82) is 0 Å². The maximum atomic E-state index is 12.6. The quantitative estimate of drug-likeness (QED) is 0.429. The molecule has 2 aromatic carbocycles. The van der Waals surface area contributed by atoms with Crippen molar-refractivity contribution < 1.29 is 9.72 Å². The van der Waals surface area contributed by atoms with Crippen molar-refractivity contribution in [2.75, 3.05) is 5.32 Å². The average molecular weight is 380 g/mol. The predicted molar refractivity (Wildman–Crippen MR) is 99.9 cm³/mol. The monoisotopic (exact) mass is 380 g/mol. The SMILES string of the molecule is Cc1nnc2sc(-c3ccccc3NC(=O)c3cccc([N+](=O)[O-])c3)nn12. The van der Waals surface area contributed by atoms with E-state index in [2.05, 4.69) is 20.6 Å². The van der Waals surface area contributed by atoms with E-state index in [1.807, 2.05) is 12.1 Å². The number of carbonyl (C=O) groups is 1. The van der Waals surface area contributed by atoms with Crippen molar-refractivity contribution in [2.24, 2.45) is 0 Å². The fourth-order valence-electron chi connectivity index (χ4n) is 2.56. The molecule has 2 heterocycles. The number of para-hydroxylation sites is 1. The van der Waals surface area contributed by atoms with Crippen molar-refractivity contribution in [3.05, 3.63) is 70.0 Å². The Balaban J connectivity index is 1.68. The van der Waals surface area contributed by atoms with Crippen LogP contribution >= 0.6 is 11.3 Å². The summed E-state index contributed by atoms with van der Waals surface area (Å²) in [5.41, 5.74) is 1.34. The fraction of sp³-hybridized carbons (Fsp3) is 0.0588. The Morgan fingerprint density at radius 1 is 1.19 bits per heavy atom. The topological polar surface area (TPSA) is 115 Å². The van der Waals surface area contributed by atoms with Crippen molar-refractivity contribution in [1.82, 2.24) is 19.8 Å². The third-order valence-electron chi connectivity index (χ3n) is 3.87. The number of carbonyl (C=O) groups excluding carboxylic acids is 1. The number of anilines is 1. The zero-order chi connectivity index (χ0) is 19.0. The molecule has 0 unspecified atom stereocenters. The lowest BCUT2D eigenvalue weighted by atomic mass is 10.1. The largest absolute Gasteiger partial charge is 0.321 e. The Labute approximate surface area is 156 Å². The Morgan fingerprint density at radius 3 is 2.78 bits per heavy atom. The molecule has 10 heteroatoms. The van der Waals surface area contributed by atoms with Crippen LogP contribution in [0.5, 0.6) is 0 Å². The Hall–Kier alpha value is -3.66. The minimum Gasteiger partial charge on any atom is -0.321 e. The van der Waals surface area contributed by atoms with Gasteiger partial charge in [0.05, 0.1) is 10.6 Å². The second-order valence-corrected chi connectivity index (χ2v) is 6.61. The molecule has 27 heavy (non-hydrogen) atoms. The molecule has 0 radical (unpaired) electrons. The standard InChI is InChI=1S/C17H12N6O3S/c1-10-19-20-17-22(10)21-16(27-17)13-7-2-3-8-14(13)18-15(24)11-5-4-6-12(9-11)23(25)26/h2-9H,1H3,(H,18,24). The van der Waals surface area contributed by atoms with E-state index in [-0.39, 0.29) is 11.3 Å². The summed E-state index contributed by atoms with van der Waals surface area (Å²) in [7, 11) is 0. The first-order chi connectivity index (χ1) is 13.0. The third-order valence-corrected chi connectivity index (χ3v) is 4.80. The highest BCUT2D eigenvalue weighted by molar-refractivity contribution is 7.19. The summed E-state index contributed by atoms with van der Waals surface area (Å²) in [6.07, 6.45) is 0. The molecule has 4 rings (SSSR count). The fourth-order valence-corrected chi connectivity index (χ4v) is 3.48. The molecule has 0 aliphatic heterocycles. The maximum Gasteiger partial charge on any atom is 0.270 e. The van der Waals surface area contributed by atoms with Crippen LogP contribution < -0.4 is 5.32 Å². The maximum absolute atomic E-state index is 12.6. The highest BCUT2D eigenvalue weighted by Gasteiger charge is 2.16. The van der Waals surface area contributed by atoms with Gasteiger partial charge in [0.2, 0.25) is 4.96 Å². The number of non-ortho nitro benzene ring substituents is 1. The van der Waals surface area contributed by atoms with Crippen LogP contribution in [-0.4, -0.2) is 30.6 Å². The van der Waals surface area contributed by atoms with Crippen LogP contribution in [0.1, 0.15) is 16.2 Å². The number of benzene rings is 2. The predicted octanol–water partition coefficient (Wildman–Crippen LogP) is 3.32. The minimum absolute atomic E-state index is 0.139. The molecule has 134 valence electrons. The summed E-state index contributed by atoms with van der Waals surface area (Å²) in [6, 6.07) is 12.8. The molecule has 0 aliphatic carbocycles. The number of nitrogens with zero attached hydrogens (tertiary/aromatic N) is 5. The molecular weight excluding hydrogens is 368 g/mol. The number of rotatable bonds is 4. The molecule has 1 N–H and O–H groups in total. The third kappa shape index (κ3) is 3.13. The van der Waals surface area contributed by atoms with Crippen LogP contribution in [0.2, 0.25) is 0 Å². The zero-order valence-electron chi connectivity index (χ0n) is 14.0. The van der Waals surface area contributed by atoms with E-state index in [4.69, 9.17) is 0 Å². The number of hydrogen-bond acceptors (Lipinski definition) is 7. The van der Waals surface area contributed by atoms with Gasteiger partial charge in [0.25, 0.3) is 11.6 Å². The van der Waals surface area contributed by atoms with Crippen molar-refractivity contribution in [2.45, 2.75) is 6.92 Å². The van der Waals surface area contributed by atoms with Gasteiger partial charge < -0.3 is 5.32 Å². The molecule has 0 saturated carbocycles. The minimum atomic E-state index is -0.535. The van der Waals surface area contributed by atoms with Crippen molar-refractivity contribution in [3.8, 4) is 10.6 Å². The van der Waals surface area contributed by atoms with Gasteiger partial charge in [-0.25, -0.2) is 0 Å². The first-order valence-electron chi connectivity index (χ1n) is 7.87. The molecular formula is C17H12N6O3S. The number of nitro groups is 1. The first-order valence-corrected chi connectivity index (χ1v) is 8.68. The van der Waals surface area contributed by atoms with Crippen LogP contribution in [0.4, 0.5) is 11.4 Å². The van der Waals surface area contributed by atoms with E-state index in [9.17, 15) is 14.9 Å². The average Bonchev–Trinajstić information content (AvgIpc) is 3.24. The highest BCUT2D eigenvalue weighted by Crippen LogP contribution is 2.31. The Kier molecular flexibility index (Phi) is 4.09. The van der Waals surface area contributed by atoms with E-state index in [1.54, 1.807) is 23.6 Å². The molecule has 0 fully saturated rings. The van der Waals surface area contributed by atoms with Crippen molar-refractivity contribution in [3.63, 3.8) is 0 Å². The van der Waals surface area contributed by atoms with Crippen LogP contribution in [0.25, 0.3) is 15.5 Å². The molecule has 0 saturated heterocycles. The van der Waals surface area contributed by atoms with Gasteiger partial charge >= 0.3 is 0 Å². The summed E-state index contributed by atoms with van der Waals surface area (Å²) in [5, 5.41) is 26.9. The van der Waals surface area contributed by atoms with Gasteiger partial charge in [0, 0.05) is 23.3 Å². The molecule has 2 aromatic heterocycles. The summed E-state index contributed by atoms with van der Waals surface area (Å²) >= 11 is 1.35. The normalized spacial score (nSPS) is 10.9. The second kappa shape index (κ2) is 6.57. The number of nitro benzene ring substituents is 1. The van der Waals surface area contributed by atoms with Crippen LogP contribution in [-0.2, 0) is 0 Å². The zero-order valence-corrected chi connectivity index (χ0v) is 14.8. The van der Waals surface area contributed by atoms with Crippen LogP contribution in [0, 0.1) is 17.0 Å². The lowest BCUT2D eigenvalue weighted by Crippen LogP contribution is -2.12. The van der Waals surface area contributed by atoms with Gasteiger partial charge in [0.15, 0.2) is 5.82 Å². The molecule has 0 aliphatic rings. The van der Waals surface area contributed by atoms with Crippen molar-refractivity contribution >= 4 is 33.6 Å². The smallest absolute Gasteiger partial charge is 0.270 e. The Bertz CT molecular complexity index is 1180. The molecule has 0 atom stereocenters. The van der Waals surface area contributed by atoms with E-state index in [1.165, 1.54) is 35.6 Å². The van der Waals surface area contributed by atoms with Gasteiger partial charge in [-0.2, -0.15) is 9.61 Å². The number of hydrogen-bond donors (Lipinski definition) is 1. The van der Waals surface area contributed by atoms with Crippen LogP contribution in [0.3, 0.4) is 0 Å². The number of aryl methyl sites for hydroxylation is 1. The number of aromatic nitrogens is 4. The van der Waals surface area contributed by atoms with Gasteiger partial charge in [-0.1, -0.05) is 29.5 Å². The second-order valence-electron chi connectivity index (χ2n) is 5.66. The number of fused-ring (bicyclic) bond motifs is 1. The molecule has 1 amide bonds. The molecule has 4 aromatic rings. The van der Waals surface area contributed by atoms with E-state index in [0.717, 1.165) is 5.56 Å². The van der Waals surface area contributed by atoms with Gasteiger partial charge in [-0.05, 0) is 25.1 Å². The highest BCUT2D eigenvalue weighted by atomic mass is 32.1. The number of amides is 1. The van der Waals surface area contributed by atoms with E-state index < -0.39 is 10.8 Å². The van der Waals surface area contributed by atoms with Crippen LogP contribution in [0.15, 0.2) is 48.5 Å². The van der Waals surface area contributed by atoms with Gasteiger partial charge in [-0.15, -0.1) is 10.2 Å². The van der Waals surface area contributed by atoms with Gasteiger partial charge in [0.1, 0.15) is 5.01 Å². The molecule has 9 nitrogen and oxygen atoms in total. The molecule has 0 spiro atoms. The molecule has 0 bridgehead atoms. The van der Waals surface area contributed by atoms with Gasteiger partial charge in [-0.3, -0.25) is 14.9 Å². The lowest BCUT2D eigenvalue weighted by Gasteiger charge is -2.09. The summed E-state index contributed by atoms with van der Waals surface area (Å²) in [5.74, 6) is 0.232.